The standard InChI is InChI=1S/C9H19N3O4S/c1-4-12(5-7(2)9(10)11-14)8(13)6-17(3,15)16/h7,14H,4-6H2,1-3H3,(H2,10,11). The van der Waals surface area contributed by atoms with E-state index in [1.807, 2.05) is 0 Å². The zero-order chi connectivity index (χ0) is 13.6. The summed E-state index contributed by atoms with van der Waals surface area (Å²) < 4.78 is 22.0. The molecule has 0 aromatic carbocycles. The number of carbonyl (C=O) groups is 1. The quantitative estimate of drug-likeness (QED) is 0.284. The third-order valence-electron chi connectivity index (χ3n) is 2.23. The number of oxime groups is 1. The Morgan fingerprint density at radius 3 is 2.41 bits per heavy atom. The number of rotatable bonds is 6. The maximum atomic E-state index is 11.6. The Bertz CT molecular complexity index is 391. The van der Waals surface area contributed by atoms with Gasteiger partial charge in [-0.2, -0.15) is 0 Å². The van der Waals surface area contributed by atoms with Crippen LogP contribution in [0.4, 0.5) is 0 Å². The van der Waals surface area contributed by atoms with Crippen LogP contribution in [0, 0.1) is 5.92 Å². The van der Waals surface area contributed by atoms with E-state index in [0.717, 1.165) is 6.26 Å². The van der Waals surface area contributed by atoms with Crippen molar-refractivity contribution in [3.8, 4) is 0 Å². The smallest absolute Gasteiger partial charge is 0.237 e. The van der Waals surface area contributed by atoms with Crippen LogP contribution in [-0.4, -0.2) is 55.4 Å². The predicted molar refractivity (Wildman–Crippen MR) is 64.5 cm³/mol. The zero-order valence-corrected chi connectivity index (χ0v) is 11.1. The normalized spacial score (nSPS) is 14.4. The average molecular weight is 265 g/mol. The Kier molecular flexibility index (Phi) is 5.94. The Morgan fingerprint density at radius 1 is 1.53 bits per heavy atom. The Morgan fingerprint density at radius 2 is 2.06 bits per heavy atom. The van der Waals surface area contributed by atoms with Gasteiger partial charge >= 0.3 is 0 Å². The summed E-state index contributed by atoms with van der Waals surface area (Å²) in [4.78, 5) is 13.0. The fraction of sp³-hybridized carbons (Fsp3) is 0.778. The van der Waals surface area contributed by atoms with Crippen molar-refractivity contribution < 1.29 is 18.4 Å². The lowest BCUT2D eigenvalue weighted by Crippen LogP contribution is -2.41. The first-order chi connectivity index (χ1) is 7.71. The zero-order valence-electron chi connectivity index (χ0n) is 10.3. The van der Waals surface area contributed by atoms with Crippen LogP contribution in [-0.2, 0) is 14.6 Å². The second-order valence-electron chi connectivity index (χ2n) is 3.93. The number of nitrogens with zero attached hydrogens (tertiary/aromatic N) is 2. The minimum absolute atomic E-state index is 0.00982. The van der Waals surface area contributed by atoms with E-state index in [1.165, 1.54) is 4.90 Å². The van der Waals surface area contributed by atoms with Gasteiger partial charge in [-0.25, -0.2) is 8.42 Å². The highest BCUT2D eigenvalue weighted by Crippen LogP contribution is 2.02. The van der Waals surface area contributed by atoms with Crippen LogP contribution >= 0.6 is 0 Å². The highest BCUT2D eigenvalue weighted by Gasteiger charge is 2.20. The summed E-state index contributed by atoms with van der Waals surface area (Å²) in [5.74, 6) is -1.32. The molecule has 0 rings (SSSR count). The third-order valence-corrected chi connectivity index (χ3v) is 3.01. The molecular formula is C9H19N3O4S. The molecule has 8 heteroatoms. The second kappa shape index (κ2) is 6.43. The van der Waals surface area contributed by atoms with E-state index in [4.69, 9.17) is 10.9 Å². The number of carbonyl (C=O) groups excluding carboxylic acids is 1. The number of sulfone groups is 1. The largest absolute Gasteiger partial charge is 0.409 e. The summed E-state index contributed by atoms with van der Waals surface area (Å²) in [6, 6.07) is 0. The molecule has 0 radical (unpaired) electrons. The first-order valence-corrected chi connectivity index (χ1v) is 7.20. The van der Waals surface area contributed by atoms with E-state index < -0.39 is 21.5 Å². The summed E-state index contributed by atoms with van der Waals surface area (Å²) in [7, 11) is -3.34. The van der Waals surface area contributed by atoms with Crippen molar-refractivity contribution >= 4 is 21.6 Å². The van der Waals surface area contributed by atoms with Crippen LogP contribution < -0.4 is 5.73 Å². The molecule has 17 heavy (non-hydrogen) atoms. The van der Waals surface area contributed by atoms with Crippen molar-refractivity contribution in [2.75, 3.05) is 25.1 Å². The van der Waals surface area contributed by atoms with Gasteiger partial charge in [0, 0.05) is 25.3 Å². The first-order valence-electron chi connectivity index (χ1n) is 5.14. The minimum atomic E-state index is -3.34. The van der Waals surface area contributed by atoms with E-state index in [1.54, 1.807) is 13.8 Å². The second-order valence-corrected chi connectivity index (χ2v) is 6.07. The Labute approximate surface area is 101 Å². The van der Waals surface area contributed by atoms with E-state index in [2.05, 4.69) is 5.16 Å². The highest BCUT2D eigenvalue weighted by molar-refractivity contribution is 7.91. The minimum Gasteiger partial charge on any atom is -0.409 e. The summed E-state index contributed by atoms with van der Waals surface area (Å²) in [5.41, 5.74) is 5.39. The van der Waals surface area contributed by atoms with Crippen LogP contribution in [0.3, 0.4) is 0 Å². The highest BCUT2D eigenvalue weighted by atomic mass is 32.2. The maximum Gasteiger partial charge on any atom is 0.237 e. The van der Waals surface area contributed by atoms with Gasteiger partial charge in [-0.3, -0.25) is 4.79 Å². The van der Waals surface area contributed by atoms with Crippen molar-refractivity contribution in [1.29, 1.82) is 0 Å². The van der Waals surface area contributed by atoms with Crippen LogP contribution in [0.1, 0.15) is 13.8 Å². The van der Waals surface area contributed by atoms with Gasteiger partial charge in [0.2, 0.25) is 5.91 Å². The summed E-state index contributed by atoms with van der Waals surface area (Å²) >= 11 is 0. The van der Waals surface area contributed by atoms with Gasteiger partial charge in [-0.15, -0.1) is 0 Å². The van der Waals surface area contributed by atoms with Crippen molar-refractivity contribution in [3.05, 3.63) is 0 Å². The number of hydrogen-bond donors (Lipinski definition) is 2. The number of hydrogen-bond acceptors (Lipinski definition) is 5. The van der Waals surface area contributed by atoms with E-state index >= 15 is 0 Å². The lowest BCUT2D eigenvalue weighted by molar-refractivity contribution is -0.128. The van der Waals surface area contributed by atoms with Crippen LogP contribution in [0.15, 0.2) is 5.16 Å². The lowest BCUT2D eigenvalue weighted by atomic mass is 10.1. The van der Waals surface area contributed by atoms with Gasteiger partial charge in [0.25, 0.3) is 0 Å². The molecular weight excluding hydrogens is 246 g/mol. The molecule has 1 unspecified atom stereocenters. The first kappa shape index (κ1) is 15.7. The molecule has 0 spiro atoms. The molecule has 0 bridgehead atoms. The molecule has 0 aromatic heterocycles. The third kappa shape index (κ3) is 6.10. The molecule has 0 aliphatic heterocycles. The monoisotopic (exact) mass is 265 g/mol. The molecule has 0 aromatic rings. The van der Waals surface area contributed by atoms with Gasteiger partial charge in [0.05, 0.1) is 0 Å². The summed E-state index contributed by atoms with van der Waals surface area (Å²) in [6.45, 7) is 4.02. The van der Waals surface area contributed by atoms with Crippen molar-refractivity contribution in [2.24, 2.45) is 16.8 Å². The summed E-state index contributed by atoms with van der Waals surface area (Å²) in [5, 5.41) is 11.3. The van der Waals surface area contributed by atoms with Gasteiger partial charge in [-0.05, 0) is 6.92 Å². The van der Waals surface area contributed by atoms with Crippen molar-refractivity contribution in [2.45, 2.75) is 13.8 Å². The number of amides is 1. The molecule has 3 N–H and O–H groups in total. The van der Waals surface area contributed by atoms with Gasteiger partial charge in [0.1, 0.15) is 11.6 Å². The SMILES string of the molecule is CCN(CC(C)C(N)=NO)C(=O)CS(C)(=O)=O. The van der Waals surface area contributed by atoms with E-state index in [-0.39, 0.29) is 18.3 Å². The molecule has 0 aliphatic carbocycles. The number of amidine groups is 1. The van der Waals surface area contributed by atoms with Crippen LogP contribution in [0.2, 0.25) is 0 Å². The average Bonchev–Trinajstić information content (AvgIpc) is 2.21. The molecule has 0 saturated heterocycles. The fourth-order valence-electron chi connectivity index (χ4n) is 1.25. The molecule has 0 saturated carbocycles. The van der Waals surface area contributed by atoms with Crippen LogP contribution in [0.5, 0.6) is 0 Å². The maximum absolute atomic E-state index is 11.6. The fourth-order valence-corrected chi connectivity index (χ4v) is 1.88. The lowest BCUT2D eigenvalue weighted by Gasteiger charge is -2.23. The molecule has 1 amide bonds. The molecule has 100 valence electrons. The van der Waals surface area contributed by atoms with Crippen molar-refractivity contribution in [1.82, 2.24) is 4.90 Å². The van der Waals surface area contributed by atoms with Gasteiger partial charge < -0.3 is 15.8 Å². The molecule has 0 aliphatic rings. The van der Waals surface area contributed by atoms with Gasteiger partial charge in [-0.1, -0.05) is 12.1 Å². The van der Waals surface area contributed by atoms with E-state index in [0.29, 0.717) is 6.54 Å². The van der Waals surface area contributed by atoms with Crippen LogP contribution in [0.25, 0.3) is 0 Å². The molecule has 0 heterocycles. The van der Waals surface area contributed by atoms with Crippen molar-refractivity contribution in [3.63, 3.8) is 0 Å². The predicted octanol–water partition coefficient (Wildman–Crippen LogP) is -0.738. The summed E-state index contributed by atoms with van der Waals surface area (Å²) in [6.07, 6.45) is 1.01. The number of nitrogens with two attached hydrogens (primary N) is 1. The Balaban J connectivity index is 4.59. The molecule has 7 nitrogen and oxygen atoms in total. The topological polar surface area (TPSA) is 113 Å². The van der Waals surface area contributed by atoms with E-state index in [9.17, 15) is 13.2 Å². The Hall–Kier alpha value is -1.31. The molecule has 0 fully saturated rings. The molecule has 1 atom stereocenters. The van der Waals surface area contributed by atoms with Gasteiger partial charge in [0.15, 0.2) is 9.84 Å².